The lowest BCUT2D eigenvalue weighted by molar-refractivity contribution is -0.117. The molecule has 92 valence electrons. The summed E-state index contributed by atoms with van der Waals surface area (Å²) in [5.41, 5.74) is 0.811. The molecule has 1 aromatic rings. The first kappa shape index (κ1) is 12.4. The second-order valence-electron chi connectivity index (χ2n) is 4.68. The largest absolute Gasteiger partial charge is 0.326 e. The molecule has 1 aliphatic rings. The van der Waals surface area contributed by atoms with Crippen LogP contribution in [0.3, 0.4) is 0 Å². The molecular formula is C13H17ClN2O. The van der Waals surface area contributed by atoms with Crippen LogP contribution in [0, 0.1) is 5.92 Å². The van der Waals surface area contributed by atoms with Gasteiger partial charge in [-0.2, -0.15) is 0 Å². The molecule has 1 amide bonds. The van der Waals surface area contributed by atoms with Crippen LogP contribution in [-0.4, -0.2) is 30.9 Å². The Morgan fingerprint density at radius 3 is 2.76 bits per heavy atom. The van der Waals surface area contributed by atoms with Gasteiger partial charge < -0.3 is 10.2 Å². The summed E-state index contributed by atoms with van der Waals surface area (Å²) in [5, 5.41) is 3.58. The minimum atomic E-state index is 0.0904. The van der Waals surface area contributed by atoms with E-state index in [0.29, 0.717) is 17.4 Å². The van der Waals surface area contributed by atoms with Crippen LogP contribution in [0.1, 0.15) is 12.8 Å². The number of hydrogen-bond acceptors (Lipinski definition) is 2. The number of halogens is 1. The molecule has 1 aromatic carbocycles. The van der Waals surface area contributed by atoms with Crippen molar-refractivity contribution in [1.29, 1.82) is 0 Å². The average molecular weight is 253 g/mol. The van der Waals surface area contributed by atoms with Crippen molar-refractivity contribution < 1.29 is 4.79 Å². The van der Waals surface area contributed by atoms with Crippen LogP contribution in [0.4, 0.5) is 5.69 Å². The van der Waals surface area contributed by atoms with Gasteiger partial charge >= 0.3 is 0 Å². The van der Waals surface area contributed by atoms with Gasteiger partial charge in [0.15, 0.2) is 0 Å². The predicted molar refractivity (Wildman–Crippen MR) is 70.3 cm³/mol. The predicted octanol–water partition coefficient (Wildman–Crippen LogP) is 2.62. The van der Waals surface area contributed by atoms with E-state index in [1.807, 2.05) is 12.1 Å². The first-order valence-electron chi connectivity index (χ1n) is 5.87. The lowest BCUT2D eigenvalue weighted by atomic mass is 10.0. The molecule has 2 rings (SSSR count). The van der Waals surface area contributed by atoms with Crippen molar-refractivity contribution in [3.8, 4) is 0 Å². The number of amides is 1. The van der Waals surface area contributed by atoms with Crippen molar-refractivity contribution in [1.82, 2.24) is 4.90 Å². The van der Waals surface area contributed by atoms with E-state index >= 15 is 0 Å². The first-order valence-corrected chi connectivity index (χ1v) is 6.25. The Morgan fingerprint density at radius 1 is 1.47 bits per heavy atom. The summed E-state index contributed by atoms with van der Waals surface area (Å²) < 4.78 is 0. The van der Waals surface area contributed by atoms with Gasteiger partial charge in [-0.15, -0.1) is 0 Å². The summed E-state index contributed by atoms with van der Waals surface area (Å²) in [6.07, 6.45) is 1.72. The van der Waals surface area contributed by atoms with Crippen LogP contribution in [0.5, 0.6) is 0 Å². The van der Waals surface area contributed by atoms with Crippen molar-refractivity contribution >= 4 is 23.2 Å². The molecule has 0 spiro atoms. The van der Waals surface area contributed by atoms with Gasteiger partial charge in [0.2, 0.25) is 5.91 Å². The second-order valence-corrected chi connectivity index (χ2v) is 5.11. The van der Waals surface area contributed by atoms with Gasteiger partial charge in [-0.1, -0.05) is 11.6 Å². The molecule has 1 unspecified atom stereocenters. The van der Waals surface area contributed by atoms with Gasteiger partial charge in [0.25, 0.3) is 0 Å². The minimum absolute atomic E-state index is 0.0904. The molecule has 0 aromatic heterocycles. The molecule has 0 bridgehead atoms. The van der Waals surface area contributed by atoms with Crippen LogP contribution in [0.25, 0.3) is 0 Å². The number of carbonyl (C=O) groups is 1. The molecule has 0 radical (unpaired) electrons. The van der Waals surface area contributed by atoms with Gasteiger partial charge in [0.05, 0.1) is 0 Å². The maximum Gasteiger partial charge on any atom is 0.224 e. The fraction of sp³-hybridized carbons (Fsp3) is 0.462. The minimum Gasteiger partial charge on any atom is -0.326 e. The lowest BCUT2D eigenvalue weighted by Crippen LogP contribution is -2.19. The quantitative estimate of drug-likeness (QED) is 0.897. The molecule has 1 fully saturated rings. The molecule has 1 atom stereocenters. The second kappa shape index (κ2) is 5.52. The summed E-state index contributed by atoms with van der Waals surface area (Å²) in [6.45, 7) is 2.12. The molecule has 1 heterocycles. The maximum absolute atomic E-state index is 11.8. The van der Waals surface area contributed by atoms with Crippen LogP contribution >= 0.6 is 11.6 Å². The van der Waals surface area contributed by atoms with Gasteiger partial charge in [-0.25, -0.2) is 0 Å². The number of likely N-dealkylation sites (tertiary alicyclic amines) is 1. The molecule has 4 heteroatoms. The summed E-state index contributed by atoms with van der Waals surface area (Å²) in [6, 6.07) is 7.20. The van der Waals surface area contributed by atoms with E-state index < -0.39 is 0 Å². The molecule has 17 heavy (non-hydrogen) atoms. The smallest absolute Gasteiger partial charge is 0.224 e. The topological polar surface area (TPSA) is 32.3 Å². The van der Waals surface area contributed by atoms with E-state index in [4.69, 9.17) is 11.6 Å². The molecule has 1 N–H and O–H groups in total. The number of hydrogen-bond donors (Lipinski definition) is 1. The van der Waals surface area contributed by atoms with E-state index in [0.717, 1.165) is 25.2 Å². The third kappa shape index (κ3) is 3.72. The number of nitrogens with zero attached hydrogens (tertiary/aromatic N) is 1. The monoisotopic (exact) mass is 252 g/mol. The van der Waals surface area contributed by atoms with Crippen molar-refractivity contribution in [2.24, 2.45) is 5.92 Å². The number of rotatable bonds is 3. The highest BCUT2D eigenvalue weighted by atomic mass is 35.5. The molecule has 0 aliphatic carbocycles. The summed E-state index contributed by atoms with van der Waals surface area (Å²) >= 11 is 5.78. The fourth-order valence-electron chi connectivity index (χ4n) is 2.20. The van der Waals surface area contributed by atoms with Crippen LogP contribution in [0.15, 0.2) is 24.3 Å². The molecule has 1 saturated heterocycles. The summed E-state index contributed by atoms with van der Waals surface area (Å²) in [4.78, 5) is 14.1. The van der Waals surface area contributed by atoms with Crippen molar-refractivity contribution in [3.05, 3.63) is 29.3 Å². The summed E-state index contributed by atoms with van der Waals surface area (Å²) in [7, 11) is 2.09. The fourth-order valence-corrected chi connectivity index (χ4v) is 2.33. The standard InChI is InChI=1S/C13H17ClN2O/c1-16-7-6-10(9-16)8-13(17)15-12-4-2-11(14)3-5-12/h2-5,10H,6-9H2,1H3,(H,15,17). The first-order chi connectivity index (χ1) is 8.13. The zero-order valence-corrected chi connectivity index (χ0v) is 10.7. The van der Waals surface area contributed by atoms with Crippen LogP contribution < -0.4 is 5.32 Å². The van der Waals surface area contributed by atoms with E-state index in [-0.39, 0.29) is 5.91 Å². The van der Waals surface area contributed by atoms with E-state index in [2.05, 4.69) is 17.3 Å². The van der Waals surface area contributed by atoms with Gasteiger partial charge in [-0.05, 0) is 50.2 Å². The Labute approximate surface area is 107 Å². The maximum atomic E-state index is 11.8. The zero-order valence-electron chi connectivity index (χ0n) is 9.95. The Hall–Kier alpha value is -1.06. The van der Waals surface area contributed by atoms with Crippen molar-refractivity contribution in [2.75, 3.05) is 25.5 Å². The number of nitrogens with one attached hydrogen (secondary N) is 1. The lowest BCUT2D eigenvalue weighted by Gasteiger charge is -2.10. The van der Waals surface area contributed by atoms with Gasteiger partial charge in [-0.3, -0.25) is 4.79 Å². The molecule has 1 aliphatic heterocycles. The number of anilines is 1. The highest BCUT2D eigenvalue weighted by Gasteiger charge is 2.21. The Morgan fingerprint density at radius 2 is 2.18 bits per heavy atom. The van der Waals surface area contributed by atoms with E-state index in [1.54, 1.807) is 12.1 Å². The zero-order chi connectivity index (χ0) is 12.3. The van der Waals surface area contributed by atoms with Gasteiger partial charge in [0.1, 0.15) is 0 Å². The summed E-state index contributed by atoms with van der Waals surface area (Å²) in [5.74, 6) is 0.583. The third-order valence-corrected chi connectivity index (χ3v) is 3.34. The molecule has 0 saturated carbocycles. The highest BCUT2D eigenvalue weighted by molar-refractivity contribution is 6.30. The van der Waals surface area contributed by atoms with Crippen molar-refractivity contribution in [3.63, 3.8) is 0 Å². The third-order valence-electron chi connectivity index (χ3n) is 3.09. The van der Waals surface area contributed by atoms with Gasteiger partial charge in [0, 0.05) is 23.7 Å². The number of benzene rings is 1. The average Bonchev–Trinajstić information content (AvgIpc) is 2.67. The van der Waals surface area contributed by atoms with Crippen LogP contribution in [0.2, 0.25) is 5.02 Å². The molecule has 3 nitrogen and oxygen atoms in total. The van der Waals surface area contributed by atoms with E-state index in [1.165, 1.54) is 0 Å². The Balaban J connectivity index is 1.83. The highest BCUT2D eigenvalue weighted by Crippen LogP contribution is 2.19. The number of carbonyl (C=O) groups excluding carboxylic acids is 1. The van der Waals surface area contributed by atoms with Crippen LogP contribution in [-0.2, 0) is 4.79 Å². The Kier molecular flexibility index (Phi) is 4.02. The normalized spacial score (nSPS) is 20.5. The van der Waals surface area contributed by atoms with Crippen molar-refractivity contribution in [2.45, 2.75) is 12.8 Å². The molecular weight excluding hydrogens is 236 g/mol. The Bertz CT molecular complexity index is 391. The van der Waals surface area contributed by atoms with E-state index in [9.17, 15) is 4.79 Å². The SMILES string of the molecule is CN1CCC(CC(=O)Nc2ccc(Cl)cc2)C1.